The summed E-state index contributed by atoms with van der Waals surface area (Å²) >= 11 is 1.51. The average Bonchev–Trinajstić information content (AvgIpc) is 3.06. The summed E-state index contributed by atoms with van der Waals surface area (Å²) in [6.45, 7) is 3.73. The zero-order valence-electron chi connectivity index (χ0n) is 12.8. The molecule has 0 aliphatic rings. The molecule has 24 heavy (non-hydrogen) atoms. The molecule has 0 aromatic carbocycles. The number of rotatable bonds is 3. The third-order valence-corrected chi connectivity index (χ3v) is 4.46. The summed E-state index contributed by atoms with van der Waals surface area (Å²) < 4.78 is 39.7. The lowest BCUT2D eigenvalue weighted by Crippen LogP contribution is -2.24. The van der Waals surface area contributed by atoms with Crippen LogP contribution in [0.15, 0.2) is 24.4 Å². The molecule has 0 unspecified atom stereocenters. The maximum absolute atomic E-state index is 12.8. The minimum Gasteiger partial charge on any atom is -0.345 e. The van der Waals surface area contributed by atoms with E-state index < -0.39 is 11.7 Å². The van der Waals surface area contributed by atoms with E-state index in [2.05, 4.69) is 15.5 Å². The standard InChI is InChI=1S/C15H13F3N4OS/c1-8-5-11(9(2)24-8)14(23)19-6-13-21-20-12-4-3-10(7-22(12)13)15(16,17)18/h3-5,7H,6H2,1-2H3,(H,19,23). The second-order valence-electron chi connectivity index (χ2n) is 5.27. The number of carbonyl (C=O) groups is 1. The van der Waals surface area contributed by atoms with Crippen molar-refractivity contribution in [1.82, 2.24) is 19.9 Å². The highest BCUT2D eigenvalue weighted by atomic mass is 32.1. The second kappa shape index (κ2) is 5.90. The second-order valence-corrected chi connectivity index (χ2v) is 6.73. The van der Waals surface area contributed by atoms with Crippen LogP contribution in [0.5, 0.6) is 0 Å². The number of nitrogens with zero attached hydrogens (tertiary/aromatic N) is 3. The predicted molar refractivity (Wildman–Crippen MR) is 83.0 cm³/mol. The van der Waals surface area contributed by atoms with E-state index in [1.165, 1.54) is 21.8 Å². The first kappa shape index (κ1) is 16.4. The molecular weight excluding hydrogens is 341 g/mol. The quantitative estimate of drug-likeness (QED) is 0.785. The van der Waals surface area contributed by atoms with Crippen LogP contribution < -0.4 is 5.32 Å². The molecule has 0 saturated carbocycles. The number of thiophene rings is 1. The van der Waals surface area contributed by atoms with Gasteiger partial charge in [0.15, 0.2) is 11.5 Å². The van der Waals surface area contributed by atoms with Crippen molar-refractivity contribution < 1.29 is 18.0 Å². The molecule has 0 spiro atoms. The highest BCUT2D eigenvalue weighted by Crippen LogP contribution is 2.29. The van der Waals surface area contributed by atoms with Gasteiger partial charge in [-0.1, -0.05) is 0 Å². The van der Waals surface area contributed by atoms with Crippen molar-refractivity contribution in [3.8, 4) is 0 Å². The van der Waals surface area contributed by atoms with E-state index in [4.69, 9.17) is 0 Å². The van der Waals surface area contributed by atoms with Gasteiger partial charge in [-0.15, -0.1) is 21.5 Å². The molecule has 3 heterocycles. The van der Waals surface area contributed by atoms with E-state index in [-0.39, 0.29) is 23.9 Å². The highest BCUT2D eigenvalue weighted by Gasteiger charge is 2.31. The maximum atomic E-state index is 12.8. The fourth-order valence-corrected chi connectivity index (χ4v) is 3.26. The number of halogens is 3. The van der Waals surface area contributed by atoms with Gasteiger partial charge >= 0.3 is 6.18 Å². The van der Waals surface area contributed by atoms with Crippen molar-refractivity contribution in [3.63, 3.8) is 0 Å². The van der Waals surface area contributed by atoms with Gasteiger partial charge in [0.2, 0.25) is 0 Å². The number of carbonyl (C=O) groups excluding carboxylic acids is 1. The van der Waals surface area contributed by atoms with Crippen molar-refractivity contribution in [2.75, 3.05) is 0 Å². The first-order valence-electron chi connectivity index (χ1n) is 7.02. The molecule has 3 aromatic heterocycles. The molecular formula is C15H13F3N4OS. The minimum atomic E-state index is -4.45. The molecule has 1 N–H and O–H groups in total. The van der Waals surface area contributed by atoms with Crippen molar-refractivity contribution >= 4 is 22.9 Å². The number of hydrogen-bond acceptors (Lipinski definition) is 4. The molecule has 3 aromatic rings. The molecule has 3 rings (SSSR count). The summed E-state index contributed by atoms with van der Waals surface area (Å²) in [6, 6.07) is 3.97. The van der Waals surface area contributed by atoms with Gasteiger partial charge < -0.3 is 5.32 Å². The first-order valence-corrected chi connectivity index (χ1v) is 7.83. The van der Waals surface area contributed by atoms with E-state index in [1.807, 2.05) is 13.8 Å². The van der Waals surface area contributed by atoms with Crippen molar-refractivity contribution in [2.45, 2.75) is 26.6 Å². The number of pyridine rings is 1. The van der Waals surface area contributed by atoms with E-state index in [0.717, 1.165) is 22.0 Å². The zero-order chi connectivity index (χ0) is 17.5. The molecule has 1 amide bonds. The van der Waals surface area contributed by atoms with Gasteiger partial charge in [-0.25, -0.2) is 0 Å². The summed E-state index contributed by atoms with van der Waals surface area (Å²) in [4.78, 5) is 14.1. The molecule has 126 valence electrons. The van der Waals surface area contributed by atoms with Gasteiger partial charge in [-0.2, -0.15) is 13.2 Å². The Kier molecular flexibility index (Phi) is 4.04. The number of aromatic nitrogens is 3. The van der Waals surface area contributed by atoms with E-state index in [0.29, 0.717) is 5.56 Å². The van der Waals surface area contributed by atoms with Crippen LogP contribution in [0.2, 0.25) is 0 Å². The number of nitrogens with one attached hydrogen (secondary N) is 1. The van der Waals surface area contributed by atoms with Crippen LogP contribution in [0, 0.1) is 13.8 Å². The Morgan fingerprint density at radius 1 is 1.29 bits per heavy atom. The van der Waals surface area contributed by atoms with Crippen LogP contribution >= 0.6 is 11.3 Å². The molecule has 0 fully saturated rings. The smallest absolute Gasteiger partial charge is 0.345 e. The fourth-order valence-electron chi connectivity index (χ4n) is 2.34. The Bertz CT molecular complexity index is 913. The summed E-state index contributed by atoms with van der Waals surface area (Å²) in [6.07, 6.45) is -3.53. The van der Waals surface area contributed by atoms with E-state index in [1.54, 1.807) is 6.07 Å². The third-order valence-electron chi connectivity index (χ3n) is 3.49. The Hall–Kier alpha value is -2.42. The lowest BCUT2D eigenvalue weighted by molar-refractivity contribution is -0.137. The topological polar surface area (TPSA) is 59.3 Å². The van der Waals surface area contributed by atoms with Gasteiger partial charge in [0.05, 0.1) is 17.7 Å². The fraction of sp³-hybridized carbons (Fsp3) is 0.267. The summed E-state index contributed by atoms with van der Waals surface area (Å²) in [5.41, 5.74) is 0.0452. The van der Waals surface area contributed by atoms with Gasteiger partial charge in [-0.3, -0.25) is 9.20 Å². The maximum Gasteiger partial charge on any atom is 0.417 e. The lowest BCUT2D eigenvalue weighted by Gasteiger charge is -2.08. The zero-order valence-corrected chi connectivity index (χ0v) is 13.6. The van der Waals surface area contributed by atoms with Crippen LogP contribution in [-0.2, 0) is 12.7 Å². The Labute approximate surface area is 139 Å². The largest absolute Gasteiger partial charge is 0.417 e. The lowest BCUT2D eigenvalue weighted by atomic mass is 10.2. The number of amides is 1. The SMILES string of the molecule is Cc1cc(C(=O)NCc2nnc3ccc(C(F)(F)F)cn23)c(C)s1. The molecule has 0 atom stereocenters. The molecule has 0 saturated heterocycles. The first-order chi connectivity index (χ1) is 11.3. The summed E-state index contributed by atoms with van der Waals surface area (Å²) in [7, 11) is 0. The van der Waals surface area contributed by atoms with Crippen LogP contribution in [0.1, 0.15) is 31.5 Å². The molecule has 9 heteroatoms. The van der Waals surface area contributed by atoms with Crippen LogP contribution in [0.25, 0.3) is 5.65 Å². The van der Waals surface area contributed by atoms with E-state index >= 15 is 0 Å². The molecule has 0 aliphatic heterocycles. The van der Waals surface area contributed by atoms with Gasteiger partial charge in [0, 0.05) is 16.0 Å². The van der Waals surface area contributed by atoms with Crippen LogP contribution in [-0.4, -0.2) is 20.5 Å². The minimum absolute atomic E-state index is 0.0182. The summed E-state index contributed by atoms with van der Waals surface area (Å²) in [5.74, 6) is -0.0605. The normalized spacial score (nSPS) is 11.9. The monoisotopic (exact) mass is 354 g/mol. The molecule has 0 bridgehead atoms. The van der Waals surface area contributed by atoms with Gasteiger partial charge in [-0.05, 0) is 32.0 Å². The number of fused-ring (bicyclic) bond motifs is 1. The number of hydrogen-bond donors (Lipinski definition) is 1. The highest BCUT2D eigenvalue weighted by molar-refractivity contribution is 7.12. The van der Waals surface area contributed by atoms with Crippen LogP contribution in [0.3, 0.4) is 0 Å². The molecule has 0 aliphatic carbocycles. The Morgan fingerprint density at radius 2 is 2.04 bits per heavy atom. The van der Waals surface area contributed by atoms with E-state index in [9.17, 15) is 18.0 Å². The summed E-state index contributed by atoms with van der Waals surface area (Å²) in [5, 5.41) is 10.3. The Morgan fingerprint density at radius 3 is 2.67 bits per heavy atom. The number of alkyl halides is 3. The Balaban J connectivity index is 1.82. The van der Waals surface area contributed by atoms with Gasteiger partial charge in [0.1, 0.15) is 0 Å². The number of aryl methyl sites for hydroxylation is 2. The predicted octanol–water partition coefficient (Wildman–Crippen LogP) is 3.36. The van der Waals surface area contributed by atoms with Gasteiger partial charge in [0.25, 0.3) is 5.91 Å². The van der Waals surface area contributed by atoms with Crippen molar-refractivity contribution in [3.05, 3.63) is 51.1 Å². The molecule has 5 nitrogen and oxygen atoms in total. The molecule has 0 radical (unpaired) electrons. The average molecular weight is 354 g/mol. The van der Waals surface area contributed by atoms with Crippen LogP contribution in [0.4, 0.5) is 13.2 Å². The van der Waals surface area contributed by atoms with Crippen molar-refractivity contribution in [1.29, 1.82) is 0 Å². The third kappa shape index (κ3) is 3.12. The van der Waals surface area contributed by atoms with Crippen molar-refractivity contribution in [2.24, 2.45) is 0 Å².